The van der Waals surface area contributed by atoms with Crippen molar-refractivity contribution in [3.05, 3.63) is 75.7 Å². The average molecular weight is 1000 g/mol. The Morgan fingerprint density at radius 2 is 1.12 bits per heavy atom. The van der Waals surface area contributed by atoms with Crippen LogP contribution >= 0.6 is 34.3 Å². The summed E-state index contributed by atoms with van der Waals surface area (Å²) in [5.74, 6) is 2.32. The van der Waals surface area contributed by atoms with E-state index in [0.717, 1.165) is 120 Å². The molecule has 0 amide bonds. The normalized spacial score (nSPS) is 17.9. The van der Waals surface area contributed by atoms with Crippen molar-refractivity contribution in [3.8, 4) is 16.2 Å². The van der Waals surface area contributed by atoms with Gasteiger partial charge in [-0.15, -0.1) is 11.3 Å². The molecule has 3 aromatic rings. The first-order valence-electron chi connectivity index (χ1n) is 17.4. The smallest absolute Gasteiger partial charge is 0.0818 e. The molecule has 2 aromatic carbocycles. The molecule has 14 heteroatoms. The standard InChI is InChI=1S/C37H52N6O2S.CH3Se.HIOS.Y/c1-38-13-14-39(2)18-22-42(21-17-38)27-33-25-31(7-10-35-11-12-36(46-35)32-8-5-30(29-44)6-9-32)26-34(37(33)45)28-43-23-19-40(3)15-16-41(4)20-24-43;1-2;1-2-3;/h5-12,25-26,29,45H,13-24,27-28H2,1-4H3;1H3;3H;/p-1/b10-7+;;;. The zero-order chi connectivity index (χ0) is 37.2. The summed E-state index contributed by atoms with van der Waals surface area (Å²) in [7, 11) is 8.81. The van der Waals surface area contributed by atoms with Crippen molar-refractivity contribution in [1.82, 2.24) is 29.4 Å². The number of aromatic hydroxyl groups is 1. The Morgan fingerprint density at radius 1 is 0.712 bits per heavy atom. The van der Waals surface area contributed by atoms with Crippen molar-refractivity contribution >= 4 is 81.7 Å². The van der Waals surface area contributed by atoms with E-state index in [2.05, 4.69) is 125 Å². The molecule has 52 heavy (non-hydrogen) atoms. The van der Waals surface area contributed by atoms with E-state index in [1.54, 1.807) is 34.3 Å². The van der Waals surface area contributed by atoms with E-state index in [1.165, 1.54) is 9.75 Å². The van der Waals surface area contributed by atoms with E-state index < -0.39 is 0 Å². The molecule has 0 unspecified atom stereocenters. The number of aldehydes is 1. The topological polar surface area (TPSA) is 66.0 Å². The van der Waals surface area contributed by atoms with Gasteiger partial charge in [0.15, 0.2) is 0 Å². The summed E-state index contributed by atoms with van der Waals surface area (Å²) in [5.41, 5.74) is 4.93. The van der Waals surface area contributed by atoms with Gasteiger partial charge in [0.05, 0.1) is 23.0 Å². The summed E-state index contributed by atoms with van der Waals surface area (Å²) < 4.78 is 3.80. The number of likely N-dealkylation sites (N-methyl/N-ethyl adjacent to an activating group) is 4. The fourth-order valence-corrected chi connectivity index (χ4v) is 6.94. The van der Waals surface area contributed by atoms with Gasteiger partial charge < -0.3 is 40.1 Å². The van der Waals surface area contributed by atoms with E-state index in [1.807, 2.05) is 30.1 Å². The van der Waals surface area contributed by atoms with Gasteiger partial charge in [-0.25, -0.2) is 0 Å². The summed E-state index contributed by atoms with van der Waals surface area (Å²) in [6.07, 6.45) is 5.26. The molecule has 0 saturated carbocycles. The summed E-state index contributed by atoms with van der Waals surface area (Å²) in [5, 5.41) is 11.8. The number of hydrogen-bond acceptors (Lipinski definition) is 11. The monoisotopic (exact) mass is 1000 g/mol. The van der Waals surface area contributed by atoms with Gasteiger partial charge in [-0.3, -0.25) is 14.6 Å². The predicted octanol–water partition coefficient (Wildman–Crippen LogP) is 5.48. The zero-order valence-corrected chi connectivity index (χ0v) is 39.7. The maximum atomic E-state index is 11.8. The third kappa shape index (κ3) is 16.9. The van der Waals surface area contributed by atoms with Gasteiger partial charge in [-0.2, -0.15) is 0 Å². The minimum atomic E-state index is 0. The number of rotatable bonds is 8. The molecular formula is C38H55IN6O3S2SeY-. The van der Waals surface area contributed by atoms with Crippen molar-refractivity contribution in [2.24, 2.45) is 0 Å². The molecule has 0 atom stereocenters. The van der Waals surface area contributed by atoms with Gasteiger partial charge in [0.25, 0.3) is 0 Å². The Kier molecular flexibility index (Phi) is 24.5. The van der Waals surface area contributed by atoms with Crippen molar-refractivity contribution in [2.75, 3.05) is 107 Å². The fraction of sp³-hybridized carbons (Fsp3) is 0.500. The van der Waals surface area contributed by atoms with E-state index in [9.17, 15) is 9.90 Å². The summed E-state index contributed by atoms with van der Waals surface area (Å²) in [4.78, 5) is 28.0. The van der Waals surface area contributed by atoms with Gasteiger partial charge in [0.2, 0.25) is 0 Å². The number of phenols is 1. The molecule has 2 saturated heterocycles. The first kappa shape index (κ1) is 47.9. The Hall–Kier alpha value is -0.227. The molecule has 9 nitrogen and oxygen atoms in total. The van der Waals surface area contributed by atoms with Crippen LogP contribution in [0, 0.1) is 0 Å². The maximum Gasteiger partial charge on any atom is 0.0818 e. The van der Waals surface area contributed by atoms with Crippen LogP contribution < -0.4 is 0 Å². The molecule has 2 aliphatic rings. The second-order valence-electron chi connectivity index (χ2n) is 13.3. The molecule has 2 radical (unpaired) electrons. The molecule has 284 valence electrons. The molecule has 1 aromatic heterocycles. The average Bonchev–Trinajstić information content (AvgIpc) is 3.66. The number of carbonyl (C=O) groups is 1. The largest absolute Gasteiger partial charge is 0.610 e. The number of phenolic OH excluding ortho intramolecular Hbond substituents is 1. The van der Waals surface area contributed by atoms with Crippen LogP contribution in [-0.4, -0.2) is 164 Å². The Labute approximate surface area is 370 Å². The number of thiophene rings is 1. The van der Waals surface area contributed by atoms with Gasteiger partial charge in [0, 0.05) is 151 Å². The van der Waals surface area contributed by atoms with Crippen LogP contribution in [0.3, 0.4) is 0 Å². The fourth-order valence-electron chi connectivity index (χ4n) is 6.03. The number of carbonyl (C=O) groups excluding carboxylic acids is 1. The van der Waals surface area contributed by atoms with Crippen LogP contribution in [0.2, 0.25) is 5.82 Å². The summed E-state index contributed by atoms with van der Waals surface area (Å²) in [6.45, 7) is 13.8. The molecule has 0 spiro atoms. The molecular weight excluding hydrogens is 947 g/mol. The molecule has 0 bridgehead atoms. The zero-order valence-electron chi connectivity index (χ0n) is 31.4. The first-order chi connectivity index (χ1) is 24.7. The number of halogens is 1. The number of benzene rings is 2. The third-order valence-corrected chi connectivity index (χ3v) is 10.5. The Balaban J connectivity index is 0.00000148. The van der Waals surface area contributed by atoms with Gasteiger partial charge in [-0.05, 0) is 69.7 Å². The first-order valence-corrected chi connectivity index (χ1v) is 21.1. The van der Waals surface area contributed by atoms with Crippen LogP contribution in [0.25, 0.3) is 22.6 Å². The molecule has 0 aliphatic carbocycles. The van der Waals surface area contributed by atoms with Crippen molar-refractivity contribution < 1.29 is 45.1 Å². The quantitative estimate of drug-likeness (QED) is 0.136. The van der Waals surface area contributed by atoms with Crippen molar-refractivity contribution in [1.29, 1.82) is 0 Å². The maximum absolute atomic E-state index is 11.8. The van der Waals surface area contributed by atoms with Gasteiger partial charge in [0.1, 0.15) is 12.0 Å². The van der Waals surface area contributed by atoms with Crippen LogP contribution in [0.15, 0.2) is 48.5 Å². The summed E-state index contributed by atoms with van der Waals surface area (Å²) >= 11 is 9.85. The van der Waals surface area contributed by atoms with Gasteiger partial charge >= 0.3 is 21.8 Å². The Morgan fingerprint density at radius 3 is 1.52 bits per heavy atom. The third-order valence-electron chi connectivity index (χ3n) is 9.39. The molecule has 3 heterocycles. The number of hydrogen-bond donors (Lipinski definition) is 1. The predicted molar refractivity (Wildman–Crippen MR) is 227 cm³/mol. The Bertz CT molecular complexity index is 1400. The van der Waals surface area contributed by atoms with E-state index in [-0.39, 0.29) is 32.7 Å². The van der Waals surface area contributed by atoms with E-state index in [4.69, 9.17) is 0 Å². The minimum Gasteiger partial charge on any atom is -0.610 e. The summed E-state index contributed by atoms with van der Waals surface area (Å²) in [6, 6.07) is 16.4. The minimum absolute atomic E-state index is 0. The SMILES string of the molecule is CN1CCN(C)CCN(Cc2cc(/C=C/c3ccc(-c4ccc(C=O)cc4)s3)cc(CN3CCN(C)CCN(C)CC3)c2O)CC1.C[Se].[S-]OI.[Y]. The van der Waals surface area contributed by atoms with E-state index >= 15 is 0 Å². The van der Waals surface area contributed by atoms with Crippen LogP contribution in [-0.2, 0) is 61.2 Å². The van der Waals surface area contributed by atoms with Crippen molar-refractivity contribution in [2.45, 2.75) is 18.9 Å². The van der Waals surface area contributed by atoms with Crippen LogP contribution in [0.4, 0.5) is 0 Å². The molecule has 1 N–H and O–H groups in total. The molecule has 5 rings (SSSR count). The van der Waals surface area contributed by atoms with Crippen LogP contribution in [0.1, 0.15) is 31.9 Å². The molecule has 2 fully saturated rings. The number of nitrogens with zero attached hydrogens (tertiary/aromatic N) is 6. The van der Waals surface area contributed by atoms with Gasteiger partial charge in [-0.1, -0.05) is 30.3 Å². The molecule has 2 aliphatic heterocycles. The second-order valence-corrected chi connectivity index (χ2v) is 15.6. The van der Waals surface area contributed by atoms with Crippen molar-refractivity contribution in [3.63, 3.8) is 0 Å². The second kappa shape index (κ2) is 26.6. The van der Waals surface area contributed by atoms with Crippen LogP contribution in [0.5, 0.6) is 5.75 Å². The van der Waals surface area contributed by atoms with E-state index in [0.29, 0.717) is 11.3 Å².